The monoisotopic (exact) mass is 223 g/mol. The minimum absolute atomic E-state index is 0.207. The van der Waals surface area contributed by atoms with E-state index in [0.29, 0.717) is 6.54 Å². The number of aromatic nitrogens is 2. The van der Waals surface area contributed by atoms with Crippen LogP contribution >= 0.6 is 0 Å². The molecular weight excluding hydrogens is 206 g/mol. The minimum Gasteiger partial charge on any atom is -0.481 e. The van der Waals surface area contributed by atoms with E-state index in [2.05, 4.69) is 10.00 Å². The second-order valence-corrected chi connectivity index (χ2v) is 4.36. The van der Waals surface area contributed by atoms with Crippen LogP contribution in [0.1, 0.15) is 18.5 Å². The molecule has 0 saturated carbocycles. The van der Waals surface area contributed by atoms with Gasteiger partial charge in [-0.1, -0.05) is 0 Å². The highest BCUT2D eigenvalue weighted by atomic mass is 16.4. The summed E-state index contributed by atoms with van der Waals surface area (Å²) in [6.07, 6.45) is 3.54. The summed E-state index contributed by atoms with van der Waals surface area (Å²) < 4.78 is 1.84. The van der Waals surface area contributed by atoms with Crippen LogP contribution in [-0.2, 0) is 18.4 Å². The summed E-state index contributed by atoms with van der Waals surface area (Å²) in [6, 6.07) is 1.98. The van der Waals surface area contributed by atoms with Gasteiger partial charge in [-0.3, -0.25) is 14.4 Å². The van der Waals surface area contributed by atoms with Gasteiger partial charge in [-0.05, 0) is 25.5 Å². The average molecular weight is 223 g/mol. The van der Waals surface area contributed by atoms with Crippen molar-refractivity contribution in [3.8, 4) is 0 Å². The zero-order chi connectivity index (χ0) is 11.5. The van der Waals surface area contributed by atoms with E-state index < -0.39 is 5.97 Å². The molecule has 1 aromatic heterocycles. The Kier molecular flexibility index (Phi) is 3.24. The van der Waals surface area contributed by atoms with Gasteiger partial charge in [-0.25, -0.2) is 0 Å². The Balaban J connectivity index is 1.95. The highest BCUT2D eigenvalue weighted by molar-refractivity contribution is 5.70. The Hall–Kier alpha value is -1.36. The first-order valence-corrected chi connectivity index (χ1v) is 5.59. The molecule has 1 atom stereocenters. The van der Waals surface area contributed by atoms with Gasteiger partial charge in [0.15, 0.2) is 0 Å². The molecule has 1 fully saturated rings. The molecule has 5 heteroatoms. The van der Waals surface area contributed by atoms with Crippen LogP contribution in [0.3, 0.4) is 0 Å². The largest absolute Gasteiger partial charge is 0.481 e. The lowest BCUT2D eigenvalue weighted by atomic mass is 9.98. The Morgan fingerprint density at radius 1 is 1.69 bits per heavy atom. The fourth-order valence-electron chi connectivity index (χ4n) is 2.19. The third kappa shape index (κ3) is 2.41. The lowest BCUT2D eigenvalue weighted by molar-refractivity contribution is -0.143. The molecule has 0 aromatic carbocycles. The SMILES string of the molecule is Cn1nccc1CN1CCCC(C(=O)O)C1. The first-order chi connectivity index (χ1) is 7.66. The Bertz CT molecular complexity index is 375. The van der Waals surface area contributed by atoms with Crippen molar-refractivity contribution >= 4 is 5.97 Å². The summed E-state index contributed by atoms with van der Waals surface area (Å²) >= 11 is 0. The number of aliphatic carboxylic acids is 1. The second kappa shape index (κ2) is 4.65. The highest BCUT2D eigenvalue weighted by Crippen LogP contribution is 2.18. The summed E-state index contributed by atoms with van der Waals surface area (Å²) in [6.45, 7) is 2.43. The molecule has 1 N–H and O–H groups in total. The van der Waals surface area contributed by atoms with E-state index in [0.717, 1.165) is 31.6 Å². The van der Waals surface area contributed by atoms with E-state index in [1.54, 1.807) is 6.20 Å². The van der Waals surface area contributed by atoms with E-state index in [-0.39, 0.29) is 5.92 Å². The van der Waals surface area contributed by atoms with Gasteiger partial charge in [0.1, 0.15) is 0 Å². The lowest BCUT2D eigenvalue weighted by Crippen LogP contribution is -2.38. The van der Waals surface area contributed by atoms with E-state index >= 15 is 0 Å². The molecule has 0 radical (unpaired) electrons. The molecule has 2 rings (SSSR count). The number of carbonyl (C=O) groups is 1. The van der Waals surface area contributed by atoms with Crippen LogP contribution < -0.4 is 0 Å². The molecule has 0 aliphatic carbocycles. The number of aryl methyl sites for hydroxylation is 1. The number of likely N-dealkylation sites (tertiary alicyclic amines) is 1. The van der Waals surface area contributed by atoms with Gasteiger partial charge in [-0.2, -0.15) is 5.10 Å². The van der Waals surface area contributed by atoms with Crippen molar-refractivity contribution in [2.45, 2.75) is 19.4 Å². The predicted molar refractivity (Wildman–Crippen MR) is 58.8 cm³/mol. The molecule has 1 aliphatic rings. The smallest absolute Gasteiger partial charge is 0.307 e. The molecule has 88 valence electrons. The summed E-state index contributed by atoms with van der Waals surface area (Å²) in [7, 11) is 1.91. The molecular formula is C11H17N3O2. The van der Waals surface area contributed by atoms with Crippen molar-refractivity contribution in [1.29, 1.82) is 0 Å². The van der Waals surface area contributed by atoms with Crippen LogP contribution in [0.25, 0.3) is 0 Å². The van der Waals surface area contributed by atoms with Crippen LogP contribution in [-0.4, -0.2) is 38.8 Å². The van der Waals surface area contributed by atoms with E-state index in [1.165, 1.54) is 0 Å². The zero-order valence-electron chi connectivity index (χ0n) is 9.46. The van der Waals surface area contributed by atoms with Crippen LogP contribution in [0, 0.1) is 5.92 Å². The van der Waals surface area contributed by atoms with Gasteiger partial charge < -0.3 is 5.11 Å². The Labute approximate surface area is 94.7 Å². The van der Waals surface area contributed by atoms with Crippen LogP contribution in [0.2, 0.25) is 0 Å². The van der Waals surface area contributed by atoms with E-state index in [4.69, 9.17) is 5.11 Å². The molecule has 1 saturated heterocycles. The van der Waals surface area contributed by atoms with Gasteiger partial charge in [-0.15, -0.1) is 0 Å². The van der Waals surface area contributed by atoms with Crippen molar-refractivity contribution in [2.75, 3.05) is 13.1 Å². The second-order valence-electron chi connectivity index (χ2n) is 4.36. The molecule has 5 nitrogen and oxygen atoms in total. The summed E-state index contributed by atoms with van der Waals surface area (Å²) in [5, 5.41) is 13.1. The maximum atomic E-state index is 10.9. The Morgan fingerprint density at radius 2 is 2.50 bits per heavy atom. The fourth-order valence-corrected chi connectivity index (χ4v) is 2.19. The van der Waals surface area contributed by atoms with Crippen molar-refractivity contribution in [3.05, 3.63) is 18.0 Å². The van der Waals surface area contributed by atoms with Crippen LogP contribution in [0.4, 0.5) is 0 Å². The number of carboxylic acid groups (broad SMARTS) is 1. The summed E-state index contributed by atoms with van der Waals surface area (Å²) in [4.78, 5) is 13.1. The van der Waals surface area contributed by atoms with E-state index in [1.807, 2.05) is 17.8 Å². The quantitative estimate of drug-likeness (QED) is 0.820. The minimum atomic E-state index is -0.672. The predicted octanol–water partition coefficient (Wildman–Crippen LogP) is 0.717. The van der Waals surface area contributed by atoms with Crippen molar-refractivity contribution in [2.24, 2.45) is 13.0 Å². The van der Waals surface area contributed by atoms with Crippen LogP contribution in [0.5, 0.6) is 0 Å². The van der Waals surface area contributed by atoms with Crippen molar-refractivity contribution in [3.63, 3.8) is 0 Å². The first-order valence-electron chi connectivity index (χ1n) is 5.59. The lowest BCUT2D eigenvalue weighted by Gasteiger charge is -2.30. The molecule has 0 amide bonds. The molecule has 1 aromatic rings. The first kappa shape index (κ1) is 11.1. The van der Waals surface area contributed by atoms with Gasteiger partial charge in [0, 0.05) is 26.3 Å². The van der Waals surface area contributed by atoms with Gasteiger partial charge in [0.05, 0.1) is 11.6 Å². The highest BCUT2D eigenvalue weighted by Gasteiger charge is 2.25. The van der Waals surface area contributed by atoms with E-state index in [9.17, 15) is 4.79 Å². The third-order valence-electron chi connectivity index (χ3n) is 3.16. The average Bonchev–Trinajstić information content (AvgIpc) is 2.65. The van der Waals surface area contributed by atoms with Gasteiger partial charge in [0.25, 0.3) is 0 Å². The number of carboxylic acids is 1. The summed E-state index contributed by atoms with van der Waals surface area (Å²) in [5.41, 5.74) is 1.13. The topological polar surface area (TPSA) is 58.4 Å². The molecule has 0 bridgehead atoms. The van der Waals surface area contributed by atoms with Crippen molar-refractivity contribution < 1.29 is 9.90 Å². The zero-order valence-corrected chi connectivity index (χ0v) is 9.46. The molecule has 2 heterocycles. The molecule has 1 unspecified atom stereocenters. The fraction of sp³-hybridized carbons (Fsp3) is 0.636. The standard InChI is InChI=1S/C11H17N3O2/c1-13-10(4-5-12-13)8-14-6-2-3-9(7-14)11(15)16/h4-5,9H,2-3,6-8H2,1H3,(H,15,16). The van der Waals surface area contributed by atoms with Gasteiger partial charge >= 0.3 is 5.97 Å². The number of hydrogen-bond acceptors (Lipinski definition) is 3. The summed E-state index contributed by atoms with van der Waals surface area (Å²) in [5.74, 6) is -0.878. The number of hydrogen-bond donors (Lipinski definition) is 1. The maximum absolute atomic E-state index is 10.9. The third-order valence-corrected chi connectivity index (χ3v) is 3.16. The Morgan fingerprint density at radius 3 is 3.12 bits per heavy atom. The van der Waals surface area contributed by atoms with Gasteiger partial charge in [0.2, 0.25) is 0 Å². The van der Waals surface area contributed by atoms with Crippen molar-refractivity contribution in [1.82, 2.24) is 14.7 Å². The number of nitrogens with zero attached hydrogens (tertiary/aromatic N) is 3. The normalized spacial score (nSPS) is 22.2. The van der Waals surface area contributed by atoms with Crippen LogP contribution in [0.15, 0.2) is 12.3 Å². The molecule has 1 aliphatic heterocycles. The number of piperidine rings is 1. The molecule has 16 heavy (non-hydrogen) atoms. The number of rotatable bonds is 3. The maximum Gasteiger partial charge on any atom is 0.307 e. The molecule has 0 spiro atoms.